The monoisotopic (exact) mass is 632 g/mol. The highest BCUT2D eigenvalue weighted by Gasteiger charge is 2.18. The molecule has 0 fully saturated rings. The first kappa shape index (κ1) is 32.9. The Morgan fingerprint density at radius 3 is 2.09 bits per heavy atom. The molecule has 10 nitrogen and oxygen atoms in total. The topological polar surface area (TPSA) is 110 Å². The zero-order valence-electron chi connectivity index (χ0n) is 27.6. The fourth-order valence-corrected chi connectivity index (χ4v) is 5.19. The number of hydrogen-bond acceptors (Lipinski definition) is 4. The second kappa shape index (κ2) is 14.3. The third kappa shape index (κ3) is 8.42. The van der Waals surface area contributed by atoms with Crippen molar-refractivity contribution in [1.29, 1.82) is 0 Å². The van der Waals surface area contributed by atoms with Crippen LogP contribution in [0, 0.1) is 0 Å². The van der Waals surface area contributed by atoms with Gasteiger partial charge in [-0.1, -0.05) is 42.5 Å². The Morgan fingerprint density at radius 2 is 1.40 bits per heavy atom. The van der Waals surface area contributed by atoms with Gasteiger partial charge in [0.2, 0.25) is 0 Å². The maximum absolute atomic E-state index is 13.1. The number of rotatable bonds is 12. The van der Waals surface area contributed by atoms with Crippen LogP contribution in [0.5, 0.6) is 0 Å². The Labute approximate surface area is 275 Å². The van der Waals surface area contributed by atoms with Gasteiger partial charge in [-0.3, -0.25) is 19.4 Å². The number of carbonyl (C=O) groups is 3. The molecule has 10 heteroatoms. The molecular formula is C37H42N7O3+. The minimum absolute atomic E-state index is 0.190. The predicted octanol–water partition coefficient (Wildman–Crippen LogP) is 5.80. The Hall–Kier alpha value is -5.48. The molecule has 5 aromatic rings. The number of benzene rings is 2. The van der Waals surface area contributed by atoms with Crippen molar-refractivity contribution in [2.75, 3.05) is 44.4 Å². The van der Waals surface area contributed by atoms with E-state index in [2.05, 4.69) is 48.0 Å². The molecule has 0 radical (unpaired) electrons. The van der Waals surface area contributed by atoms with E-state index in [4.69, 9.17) is 0 Å². The molecule has 3 amide bonds. The molecule has 0 spiro atoms. The summed E-state index contributed by atoms with van der Waals surface area (Å²) in [5, 5.41) is 9.78. The number of nitrogens with zero attached hydrogens (tertiary/aromatic N) is 4. The summed E-state index contributed by atoms with van der Waals surface area (Å²) in [6, 6.07) is 20.6. The normalized spacial score (nSPS) is 11.6. The van der Waals surface area contributed by atoms with Crippen molar-refractivity contribution in [3.05, 3.63) is 113 Å². The second-order valence-corrected chi connectivity index (χ2v) is 12.4. The van der Waals surface area contributed by atoms with Crippen LogP contribution in [-0.2, 0) is 14.1 Å². The van der Waals surface area contributed by atoms with Gasteiger partial charge in [-0.2, -0.15) is 0 Å². The molecule has 0 aliphatic rings. The van der Waals surface area contributed by atoms with E-state index in [1.807, 2.05) is 54.7 Å². The van der Waals surface area contributed by atoms with Crippen molar-refractivity contribution in [2.24, 2.45) is 14.1 Å². The lowest BCUT2D eigenvalue weighted by Gasteiger charge is -2.28. The molecule has 2 aromatic carbocycles. The number of para-hydroxylation sites is 1. The van der Waals surface area contributed by atoms with Crippen LogP contribution in [0.4, 0.5) is 11.4 Å². The van der Waals surface area contributed by atoms with Crippen LogP contribution in [0.25, 0.3) is 23.1 Å². The standard InChI is InChI=1S/C37H41N7O3/c1-6-44(4,5)19-9-18-38-36(46)33-21-31(25-42(33)2)41-37(47)34-22-30(24-43(34)3)40-35(45)28-16-14-26(15-17-28)12-13-27-20-29-10-7-8-11-32(29)39-23-27/h7-8,10-17,20-25H,6,9,18-19H2,1-5H3,(H2-,38,40,41,45,46,47)/p+1/b13-12+. The van der Waals surface area contributed by atoms with Gasteiger partial charge in [-0.05, 0) is 54.4 Å². The van der Waals surface area contributed by atoms with E-state index in [0.29, 0.717) is 34.9 Å². The van der Waals surface area contributed by atoms with Gasteiger partial charge < -0.3 is 29.6 Å². The van der Waals surface area contributed by atoms with Gasteiger partial charge in [0.15, 0.2) is 0 Å². The molecule has 0 saturated carbocycles. The third-order valence-electron chi connectivity index (χ3n) is 8.33. The first-order valence-corrected chi connectivity index (χ1v) is 15.7. The van der Waals surface area contributed by atoms with E-state index in [9.17, 15) is 14.4 Å². The van der Waals surface area contributed by atoms with Crippen LogP contribution >= 0.6 is 0 Å². The maximum atomic E-state index is 13.1. The van der Waals surface area contributed by atoms with Crippen molar-refractivity contribution < 1.29 is 18.9 Å². The van der Waals surface area contributed by atoms with E-state index < -0.39 is 0 Å². The smallest absolute Gasteiger partial charge is 0.272 e. The van der Waals surface area contributed by atoms with E-state index in [-0.39, 0.29) is 17.7 Å². The van der Waals surface area contributed by atoms with Gasteiger partial charge in [-0.15, -0.1) is 0 Å². The Balaban J connectivity index is 1.15. The molecule has 3 N–H and O–H groups in total. The summed E-state index contributed by atoms with van der Waals surface area (Å²) >= 11 is 0. The highest BCUT2D eigenvalue weighted by molar-refractivity contribution is 6.07. The lowest BCUT2D eigenvalue weighted by molar-refractivity contribution is -0.888. The lowest BCUT2D eigenvalue weighted by atomic mass is 10.1. The number of hydrogen-bond donors (Lipinski definition) is 3. The highest BCUT2D eigenvalue weighted by atomic mass is 16.2. The average molecular weight is 633 g/mol. The van der Waals surface area contributed by atoms with Crippen LogP contribution in [0.2, 0.25) is 0 Å². The fourth-order valence-electron chi connectivity index (χ4n) is 5.19. The summed E-state index contributed by atoms with van der Waals surface area (Å²) in [7, 11) is 7.84. The summed E-state index contributed by atoms with van der Waals surface area (Å²) in [5.41, 5.74) is 5.20. The van der Waals surface area contributed by atoms with Gasteiger partial charge in [0, 0.05) is 56.6 Å². The Bertz CT molecular complexity index is 1930. The van der Waals surface area contributed by atoms with Crippen LogP contribution in [0.15, 0.2) is 85.3 Å². The second-order valence-electron chi connectivity index (χ2n) is 12.4. The predicted molar refractivity (Wildman–Crippen MR) is 188 cm³/mol. The molecule has 0 unspecified atom stereocenters. The Kier molecular flexibility index (Phi) is 10.0. The molecule has 0 saturated heterocycles. The van der Waals surface area contributed by atoms with E-state index in [1.165, 1.54) is 0 Å². The van der Waals surface area contributed by atoms with Crippen LogP contribution in [0.1, 0.15) is 55.8 Å². The highest BCUT2D eigenvalue weighted by Crippen LogP contribution is 2.19. The third-order valence-corrected chi connectivity index (χ3v) is 8.33. The molecular weight excluding hydrogens is 590 g/mol. The number of fused-ring (bicyclic) bond motifs is 1. The number of amides is 3. The van der Waals surface area contributed by atoms with E-state index >= 15 is 0 Å². The molecule has 242 valence electrons. The van der Waals surface area contributed by atoms with Crippen molar-refractivity contribution in [3.63, 3.8) is 0 Å². The van der Waals surface area contributed by atoms with Crippen molar-refractivity contribution in [2.45, 2.75) is 13.3 Å². The van der Waals surface area contributed by atoms with Gasteiger partial charge >= 0.3 is 0 Å². The minimum Gasteiger partial charge on any atom is -0.351 e. The molecule has 0 atom stereocenters. The first-order chi connectivity index (χ1) is 22.5. The lowest BCUT2D eigenvalue weighted by Crippen LogP contribution is -2.41. The summed E-state index contributed by atoms with van der Waals surface area (Å²) in [6.07, 6.45) is 10.1. The molecule has 3 aromatic heterocycles. The average Bonchev–Trinajstić information content (AvgIpc) is 3.62. The van der Waals surface area contributed by atoms with Crippen molar-refractivity contribution >= 4 is 52.2 Å². The summed E-state index contributed by atoms with van der Waals surface area (Å²) in [5.74, 6) is -0.833. The van der Waals surface area contributed by atoms with Crippen LogP contribution in [-0.4, -0.2) is 70.1 Å². The summed E-state index contributed by atoms with van der Waals surface area (Å²) in [6.45, 7) is 4.73. The quantitative estimate of drug-likeness (QED) is 0.119. The van der Waals surface area contributed by atoms with E-state index in [0.717, 1.165) is 46.0 Å². The van der Waals surface area contributed by atoms with Crippen molar-refractivity contribution in [1.82, 2.24) is 19.4 Å². The fraction of sp³-hybridized carbons (Fsp3) is 0.243. The van der Waals surface area contributed by atoms with E-state index in [1.54, 1.807) is 59.9 Å². The largest absolute Gasteiger partial charge is 0.351 e. The minimum atomic E-state index is -0.358. The number of quaternary nitrogens is 1. The molecule has 0 aliphatic carbocycles. The maximum Gasteiger partial charge on any atom is 0.272 e. The van der Waals surface area contributed by atoms with Crippen LogP contribution in [0.3, 0.4) is 0 Å². The SMILES string of the molecule is CC[N+](C)(C)CCCNC(=O)c1cc(NC(=O)c2cc(NC(=O)c3ccc(/C=C/c4cnc5ccccc5c4)cc3)cn2C)cn1C. The van der Waals surface area contributed by atoms with Crippen LogP contribution < -0.4 is 16.0 Å². The molecule has 0 bridgehead atoms. The molecule has 47 heavy (non-hydrogen) atoms. The summed E-state index contributed by atoms with van der Waals surface area (Å²) in [4.78, 5) is 43.4. The number of carbonyl (C=O) groups excluding carboxylic acids is 3. The zero-order valence-corrected chi connectivity index (χ0v) is 27.6. The van der Waals surface area contributed by atoms with Gasteiger partial charge in [-0.25, -0.2) is 0 Å². The van der Waals surface area contributed by atoms with Crippen molar-refractivity contribution in [3.8, 4) is 0 Å². The number of aryl methyl sites for hydroxylation is 2. The number of pyridine rings is 1. The number of nitrogens with one attached hydrogen (secondary N) is 3. The van der Waals surface area contributed by atoms with Gasteiger partial charge in [0.1, 0.15) is 11.4 Å². The first-order valence-electron chi connectivity index (χ1n) is 15.7. The summed E-state index contributed by atoms with van der Waals surface area (Å²) < 4.78 is 4.24. The molecule has 0 aliphatic heterocycles. The van der Waals surface area contributed by atoms with Gasteiger partial charge in [0.05, 0.1) is 44.1 Å². The molecule has 5 rings (SSSR count). The number of anilines is 2. The Morgan fingerprint density at radius 1 is 0.787 bits per heavy atom. The molecule has 3 heterocycles. The number of aromatic nitrogens is 3. The van der Waals surface area contributed by atoms with Gasteiger partial charge in [0.25, 0.3) is 17.7 Å². The zero-order chi connectivity index (χ0) is 33.6.